The molecule has 0 heterocycles. The second-order valence-electron chi connectivity index (χ2n) is 6.81. The molecule has 0 aromatic heterocycles. The summed E-state index contributed by atoms with van der Waals surface area (Å²) in [6, 6.07) is 7.06. The second kappa shape index (κ2) is 5.13. The number of nitrogens with one attached hydrogen (secondary N) is 1. The molecule has 0 bridgehead atoms. The Balaban J connectivity index is 2.09. The van der Waals surface area contributed by atoms with E-state index in [9.17, 15) is 8.42 Å². The summed E-state index contributed by atoms with van der Waals surface area (Å²) in [5.41, 5.74) is 6.83. The Hall–Kier alpha value is -0.910. The maximum atomic E-state index is 12.2. The van der Waals surface area contributed by atoms with Crippen molar-refractivity contribution in [3.63, 3.8) is 0 Å². The van der Waals surface area contributed by atoms with E-state index in [1.807, 2.05) is 12.1 Å². The first-order valence-corrected chi connectivity index (χ1v) is 8.50. The lowest BCUT2D eigenvalue weighted by Crippen LogP contribution is -2.54. The third kappa shape index (κ3) is 3.40. The number of hydrogen-bond acceptors (Lipinski definition) is 3. The summed E-state index contributed by atoms with van der Waals surface area (Å²) >= 11 is 0. The molecule has 20 heavy (non-hydrogen) atoms. The lowest BCUT2D eigenvalue weighted by atomic mass is 9.78. The summed E-state index contributed by atoms with van der Waals surface area (Å²) in [6.07, 6.45) is 2.86. The third-order valence-corrected chi connectivity index (χ3v) is 5.41. The highest BCUT2D eigenvalue weighted by Gasteiger charge is 2.33. The third-order valence-electron chi connectivity index (χ3n) is 3.99. The lowest BCUT2D eigenvalue weighted by Gasteiger charge is -2.38. The molecule has 0 unspecified atom stereocenters. The molecule has 1 saturated carbocycles. The van der Waals surface area contributed by atoms with Crippen LogP contribution in [0.1, 0.15) is 45.6 Å². The van der Waals surface area contributed by atoms with E-state index in [2.05, 4.69) is 25.5 Å². The van der Waals surface area contributed by atoms with Crippen LogP contribution in [0.25, 0.3) is 0 Å². The van der Waals surface area contributed by atoms with Crippen molar-refractivity contribution in [1.29, 1.82) is 0 Å². The molecule has 0 aliphatic heterocycles. The Morgan fingerprint density at radius 1 is 1.20 bits per heavy atom. The molecular formula is C15H24N2O2S. The molecule has 0 spiro atoms. The molecule has 1 aliphatic carbocycles. The van der Waals surface area contributed by atoms with Gasteiger partial charge in [-0.05, 0) is 42.4 Å². The Bertz CT molecular complexity index is 567. The van der Waals surface area contributed by atoms with Crippen LogP contribution in [-0.2, 0) is 15.4 Å². The Kier molecular flexibility index (Phi) is 3.97. The van der Waals surface area contributed by atoms with Gasteiger partial charge in [-0.15, -0.1) is 0 Å². The first-order chi connectivity index (χ1) is 9.12. The van der Waals surface area contributed by atoms with Crippen molar-refractivity contribution in [2.75, 3.05) is 6.54 Å². The molecule has 1 aromatic rings. The summed E-state index contributed by atoms with van der Waals surface area (Å²) in [5, 5.41) is 0. The smallest absolute Gasteiger partial charge is 0.240 e. The average Bonchev–Trinajstić information content (AvgIpc) is 2.33. The SMILES string of the molecule is CC(C)(C)c1ccc(S(=O)(=O)NCC2(N)CCC2)cc1. The van der Waals surface area contributed by atoms with Gasteiger partial charge in [0.05, 0.1) is 4.90 Å². The number of benzene rings is 1. The van der Waals surface area contributed by atoms with Gasteiger partial charge in [0.1, 0.15) is 0 Å². The zero-order chi connectivity index (χ0) is 15.0. The predicted octanol–water partition coefficient (Wildman–Crippen LogP) is 2.14. The van der Waals surface area contributed by atoms with Crippen LogP contribution in [0.4, 0.5) is 0 Å². The van der Waals surface area contributed by atoms with Crippen LogP contribution in [0.15, 0.2) is 29.2 Å². The maximum absolute atomic E-state index is 12.2. The van der Waals surface area contributed by atoms with Gasteiger partial charge in [0.25, 0.3) is 0 Å². The summed E-state index contributed by atoms with van der Waals surface area (Å²) in [7, 11) is -3.46. The van der Waals surface area contributed by atoms with Crippen LogP contribution in [-0.4, -0.2) is 20.5 Å². The fourth-order valence-electron chi connectivity index (χ4n) is 2.26. The monoisotopic (exact) mass is 296 g/mol. The molecule has 1 aromatic carbocycles. The van der Waals surface area contributed by atoms with Crippen LogP contribution in [0.5, 0.6) is 0 Å². The van der Waals surface area contributed by atoms with E-state index in [0.29, 0.717) is 11.4 Å². The van der Waals surface area contributed by atoms with E-state index >= 15 is 0 Å². The van der Waals surface area contributed by atoms with Gasteiger partial charge in [0.2, 0.25) is 10.0 Å². The maximum Gasteiger partial charge on any atom is 0.240 e. The van der Waals surface area contributed by atoms with Crippen LogP contribution in [0, 0.1) is 0 Å². The Morgan fingerprint density at radius 3 is 2.15 bits per heavy atom. The molecule has 3 N–H and O–H groups in total. The minimum atomic E-state index is -3.46. The molecule has 1 fully saturated rings. The van der Waals surface area contributed by atoms with E-state index in [4.69, 9.17) is 5.73 Å². The lowest BCUT2D eigenvalue weighted by molar-refractivity contribution is 0.251. The van der Waals surface area contributed by atoms with Crippen LogP contribution >= 0.6 is 0 Å². The number of nitrogens with two attached hydrogens (primary N) is 1. The van der Waals surface area contributed by atoms with Crippen molar-refractivity contribution >= 4 is 10.0 Å². The first-order valence-electron chi connectivity index (χ1n) is 7.02. The molecule has 0 atom stereocenters. The van der Waals surface area contributed by atoms with E-state index in [-0.39, 0.29) is 11.0 Å². The van der Waals surface area contributed by atoms with Crippen molar-refractivity contribution < 1.29 is 8.42 Å². The van der Waals surface area contributed by atoms with Gasteiger partial charge in [-0.2, -0.15) is 0 Å². The highest BCUT2D eigenvalue weighted by atomic mass is 32.2. The molecule has 5 heteroatoms. The van der Waals surface area contributed by atoms with Crippen molar-refractivity contribution in [3.8, 4) is 0 Å². The largest absolute Gasteiger partial charge is 0.324 e. The van der Waals surface area contributed by atoms with Gasteiger partial charge in [-0.1, -0.05) is 32.9 Å². The molecule has 1 aliphatic rings. The molecule has 0 amide bonds. The zero-order valence-corrected chi connectivity index (χ0v) is 13.3. The van der Waals surface area contributed by atoms with E-state index in [0.717, 1.165) is 24.8 Å². The van der Waals surface area contributed by atoms with Crippen molar-refractivity contribution in [2.45, 2.75) is 55.9 Å². The van der Waals surface area contributed by atoms with E-state index < -0.39 is 10.0 Å². The summed E-state index contributed by atoms with van der Waals surface area (Å²) in [5.74, 6) is 0. The highest BCUT2D eigenvalue weighted by molar-refractivity contribution is 7.89. The second-order valence-corrected chi connectivity index (χ2v) is 8.58. The highest BCUT2D eigenvalue weighted by Crippen LogP contribution is 2.29. The minimum Gasteiger partial charge on any atom is -0.324 e. The van der Waals surface area contributed by atoms with Crippen molar-refractivity contribution in [1.82, 2.24) is 4.72 Å². The molecule has 2 rings (SSSR count). The van der Waals surface area contributed by atoms with Crippen LogP contribution in [0.2, 0.25) is 0 Å². The van der Waals surface area contributed by atoms with Gasteiger partial charge >= 0.3 is 0 Å². The van der Waals surface area contributed by atoms with Gasteiger partial charge in [0.15, 0.2) is 0 Å². The van der Waals surface area contributed by atoms with Crippen molar-refractivity contribution in [2.24, 2.45) is 5.73 Å². The Labute approximate surface area is 121 Å². The summed E-state index contributed by atoms with van der Waals surface area (Å²) < 4.78 is 27.0. The number of rotatable bonds is 4. The zero-order valence-electron chi connectivity index (χ0n) is 12.4. The predicted molar refractivity (Wildman–Crippen MR) is 81.1 cm³/mol. The molecular weight excluding hydrogens is 272 g/mol. The van der Waals surface area contributed by atoms with Crippen molar-refractivity contribution in [3.05, 3.63) is 29.8 Å². The standard InChI is InChI=1S/C15H24N2O2S/c1-14(2,3)12-5-7-13(8-6-12)20(18,19)17-11-15(16)9-4-10-15/h5-8,17H,4,9-11,16H2,1-3H3. The van der Waals surface area contributed by atoms with Gasteiger partial charge in [0, 0.05) is 12.1 Å². The average molecular weight is 296 g/mol. The summed E-state index contributed by atoms with van der Waals surface area (Å²) in [6.45, 7) is 6.62. The quantitative estimate of drug-likeness (QED) is 0.894. The molecule has 0 radical (unpaired) electrons. The number of hydrogen-bond donors (Lipinski definition) is 2. The normalized spacial score (nSPS) is 18.6. The fraction of sp³-hybridized carbons (Fsp3) is 0.600. The van der Waals surface area contributed by atoms with Crippen LogP contribution < -0.4 is 10.5 Å². The fourth-order valence-corrected chi connectivity index (χ4v) is 3.40. The van der Waals surface area contributed by atoms with Crippen LogP contribution in [0.3, 0.4) is 0 Å². The van der Waals surface area contributed by atoms with Gasteiger partial charge in [-0.3, -0.25) is 0 Å². The topological polar surface area (TPSA) is 72.2 Å². The molecule has 0 saturated heterocycles. The number of sulfonamides is 1. The van der Waals surface area contributed by atoms with E-state index in [1.165, 1.54) is 0 Å². The Morgan fingerprint density at radius 2 is 1.75 bits per heavy atom. The molecule has 4 nitrogen and oxygen atoms in total. The summed E-state index contributed by atoms with van der Waals surface area (Å²) in [4.78, 5) is 0.299. The first kappa shape index (κ1) is 15.5. The minimum absolute atomic E-state index is 0.0168. The van der Waals surface area contributed by atoms with Gasteiger partial charge in [-0.25, -0.2) is 13.1 Å². The molecule has 112 valence electrons. The van der Waals surface area contributed by atoms with E-state index in [1.54, 1.807) is 12.1 Å². The van der Waals surface area contributed by atoms with Gasteiger partial charge < -0.3 is 5.73 Å².